The van der Waals surface area contributed by atoms with Crippen LogP contribution in [0.1, 0.15) is 15.2 Å². The minimum Gasteiger partial charge on any atom is -0.266 e. The van der Waals surface area contributed by atoms with E-state index in [-0.39, 0.29) is 11.6 Å². The zero-order valence-corrected chi connectivity index (χ0v) is 12.7. The maximum atomic E-state index is 12.0. The van der Waals surface area contributed by atoms with Gasteiger partial charge in [-0.15, -0.1) is 11.3 Å². The zero-order valence-electron chi connectivity index (χ0n) is 11.1. The van der Waals surface area contributed by atoms with Gasteiger partial charge in [0.25, 0.3) is 11.6 Å². The quantitative estimate of drug-likeness (QED) is 0.450. The van der Waals surface area contributed by atoms with Crippen molar-refractivity contribution in [3.8, 4) is 0 Å². The van der Waals surface area contributed by atoms with Crippen molar-refractivity contribution in [2.24, 2.45) is 5.10 Å². The van der Waals surface area contributed by atoms with Crippen molar-refractivity contribution in [1.29, 1.82) is 0 Å². The first-order chi connectivity index (χ1) is 10.6. The molecule has 1 amide bonds. The minimum atomic E-state index is -0.456. The molecule has 0 aliphatic rings. The molecule has 0 aliphatic heterocycles. The lowest BCUT2D eigenvalue weighted by atomic mass is 10.2. The van der Waals surface area contributed by atoms with E-state index in [1.54, 1.807) is 29.7 Å². The van der Waals surface area contributed by atoms with E-state index in [9.17, 15) is 14.9 Å². The first-order valence-electron chi connectivity index (χ1n) is 6.17. The summed E-state index contributed by atoms with van der Waals surface area (Å²) in [5, 5.41) is 19.1. The Morgan fingerprint density at radius 2 is 2.18 bits per heavy atom. The molecule has 0 atom stereocenters. The van der Waals surface area contributed by atoms with Crippen molar-refractivity contribution < 1.29 is 9.72 Å². The molecule has 2 aromatic heterocycles. The molecule has 0 saturated carbocycles. The van der Waals surface area contributed by atoms with Crippen LogP contribution in [0.3, 0.4) is 0 Å². The lowest BCUT2D eigenvalue weighted by Gasteiger charge is -1.94. The molecule has 0 unspecified atom stereocenters. The Morgan fingerprint density at radius 3 is 2.91 bits per heavy atom. The Labute approximate surface area is 132 Å². The predicted octanol–water partition coefficient (Wildman–Crippen LogP) is 3.63. The molecule has 3 aromatic rings. The molecule has 2 heterocycles. The van der Waals surface area contributed by atoms with Gasteiger partial charge in [0, 0.05) is 27.8 Å². The number of fused-ring (bicyclic) bond motifs is 1. The van der Waals surface area contributed by atoms with E-state index in [1.807, 2.05) is 16.8 Å². The third-order valence-corrected chi connectivity index (χ3v) is 4.67. The van der Waals surface area contributed by atoms with Gasteiger partial charge in [-0.05, 0) is 29.0 Å². The van der Waals surface area contributed by atoms with Crippen LogP contribution in [0, 0.1) is 10.1 Å². The normalized spacial score (nSPS) is 11.1. The average Bonchev–Trinajstić information content (AvgIpc) is 3.15. The lowest BCUT2D eigenvalue weighted by Crippen LogP contribution is -2.15. The second kappa shape index (κ2) is 6.04. The Kier molecular flexibility index (Phi) is 3.94. The van der Waals surface area contributed by atoms with Crippen LogP contribution >= 0.6 is 22.7 Å². The molecule has 22 heavy (non-hydrogen) atoms. The molecule has 0 spiro atoms. The second-order valence-electron chi connectivity index (χ2n) is 4.35. The molecule has 110 valence electrons. The number of nitrogens with zero attached hydrogens (tertiary/aromatic N) is 2. The van der Waals surface area contributed by atoms with Crippen molar-refractivity contribution in [1.82, 2.24) is 5.43 Å². The van der Waals surface area contributed by atoms with E-state index >= 15 is 0 Å². The van der Waals surface area contributed by atoms with E-state index in [2.05, 4.69) is 10.5 Å². The van der Waals surface area contributed by atoms with Gasteiger partial charge in [0.1, 0.15) is 0 Å². The Balaban J connectivity index is 1.77. The number of rotatable bonds is 4. The molecule has 6 nitrogen and oxygen atoms in total. The van der Waals surface area contributed by atoms with E-state index in [4.69, 9.17) is 0 Å². The van der Waals surface area contributed by atoms with Crippen LogP contribution in [0.15, 0.2) is 46.2 Å². The van der Waals surface area contributed by atoms with Crippen LogP contribution in [0.4, 0.5) is 5.69 Å². The summed E-state index contributed by atoms with van der Waals surface area (Å²) in [4.78, 5) is 22.8. The number of thiophene rings is 2. The first-order valence-corrected chi connectivity index (χ1v) is 7.93. The number of nitrogens with one attached hydrogen (secondary N) is 1. The number of non-ortho nitro benzene ring substituents is 1. The molecule has 1 N–H and O–H groups in total. The number of hydrazone groups is 1. The van der Waals surface area contributed by atoms with Gasteiger partial charge < -0.3 is 0 Å². The molecule has 0 saturated heterocycles. The number of hydrogen-bond donors (Lipinski definition) is 1. The number of amides is 1. The van der Waals surface area contributed by atoms with Crippen molar-refractivity contribution in [2.45, 2.75) is 0 Å². The van der Waals surface area contributed by atoms with Crippen LogP contribution in [0.2, 0.25) is 0 Å². The smallest absolute Gasteiger partial charge is 0.266 e. The molecular weight excluding hydrogens is 322 g/mol. The van der Waals surface area contributed by atoms with Crippen LogP contribution in [-0.4, -0.2) is 17.0 Å². The lowest BCUT2D eigenvalue weighted by molar-refractivity contribution is -0.384. The minimum absolute atomic E-state index is 0.00716. The highest BCUT2D eigenvalue weighted by Gasteiger charge is 2.12. The Morgan fingerprint density at radius 1 is 1.32 bits per heavy atom. The summed E-state index contributed by atoms with van der Waals surface area (Å²) in [6, 6.07) is 8.04. The fourth-order valence-electron chi connectivity index (χ4n) is 1.83. The molecule has 1 aromatic carbocycles. The van der Waals surface area contributed by atoms with Crippen molar-refractivity contribution >= 4 is 50.6 Å². The summed E-state index contributed by atoms with van der Waals surface area (Å²) < 4.78 is 0.817. The summed E-state index contributed by atoms with van der Waals surface area (Å²) >= 11 is 2.81. The van der Waals surface area contributed by atoms with E-state index in [1.165, 1.54) is 23.5 Å². The number of hydrogen-bond acceptors (Lipinski definition) is 6. The summed E-state index contributed by atoms with van der Waals surface area (Å²) in [5.41, 5.74) is 3.37. The third kappa shape index (κ3) is 3.02. The maximum Gasteiger partial charge on any atom is 0.281 e. The third-order valence-electron chi connectivity index (χ3n) is 2.86. The molecule has 0 aliphatic carbocycles. The summed E-state index contributed by atoms with van der Waals surface area (Å²) in [7, 11) is 0. The molecule has 0 fully saturated rings. The number of nitro benzene ring substituents is 1. The fourth-order valence-corrected chi connectivity index (χ4v) is 3.37. The molecule has 0 radical (unpaired) electrons. The van der Waals surface area contributed by atoms with Gasteiger partial charge in [-0.1, -0.05) is 0 Å². The van der Waals surface area contributed by atoms with Gasteiger partial charge in [0.2, 0.25) is 0 Å². The Hall–Kier alpha value is -2.58. The number of carbonyl (C=O) groups is 1. The van der Waals surface area contributed by atoms with Gasteiger partial charge in [-0.3, -0.25) is 14.9 Å². The van der Waals surface area contributed by atoms with Crippen molar-refractivity contribution in [3.05, 3.63) is 61.6 Å². The zero-order chi connectivity index (χ0) is 15.5. The van der Waals surface area contributed by atoms with Gasteiger partial charge in [0.05, 0.1) is 16.0 Å². The number of carbonyl (C=O) groups excluding carboxylic acids is 1. The molecule has 8 heteroatoms. The van der Waals surface area contributed by atoms with Gasteiger partial charge in [0.15, 0.2) is 0 Å². The molecular formula is C14H9N3O3S2. The largest absolute Gasteiger partial charge is 0.281 e. The second-order valence-corrected chi connectivity index (χ2v) is 6.21. The summed E-state index contributed by atoms with van der Waals surface area (Å²) in [6.07, 6.45) is 1.56. The predicted molar refractivity (Wildman–Crippen MR) is 87.9 cm³/mol. The van der Waals surface area contributed by atoms with E-state index < -0.39 is 4.92 Å². The molecule has 3 rings (SSSR count). The van der Waals surface area contributed by atoms with Crippen LogP contribution in [0.25, 0.3) is 10.1 Å². The fraction of sp³-hybridized carbons (Fsp3) is 0. The van der Waals surface area contributed by atoms with Gasteiger partial charge in [-0.25, -0.2) is 5.43 Å². The average molecular weight is 331 g/mol. The maximum absolute atomic E-state index is 12.0. The van der Waals surface area contributed by atoms with Crippen molar-refractivity contribution in [2.75, 3.05) is 0 Å². The van der Waals surface area contributed by atoms with Crippen LogP contribution in [0.5, 0.6) is 0 Å². The van der Waals surface area contributed by atoms with E-state index in [0.29, 0.717) is 10.3 Å². The van der Waals surface area contributed by atoms with Crippen LogP contribution in [-0.2, 0) is 0 Å². The highest BCUT2D eigenvalue weighted by atomic mass is 32.1. The van der Waals surface area contributed by atoms with Crippen LogP contribution < -0.4 is 5.43 Å². The monoisotopic (exact) mass is 331 g/mol. The summed E-state index contributed by atoms with van der Waals surface area (Å²) in [6.45, 7) is 0. The van der Waals surface area contributed by atoms with Crippen molar-refractivity contribution in [3.63, 3.8) is 0 Å². The molecule has 0 bridgehead atoms. The van der Waals surface area contributed by atoms with Gasteiger partial charge in [-0.2, -0.15) is 16.4 Å². The topological polar surface area (TPSA) is 84.6 Å². The van der Waals surface area contributed by atoms with E-state index in [0.717, 1.165) is 10.3 Å². The van der Waals surface area contributed by atoms with Gasteiger partial charge >= 0.3 is 0 Å². The SMILES string of the molecule is O=C(NN=Cc1ccsc1)c1cc2cc([N+](=O)[O-])ccc2s1. The summed E-state index contributed by atoms with van der Waals surface area (Å²) in [5.74, 6) is -0.338. The number of benzene rings is 1. The highest BCUT2D eigenvalue weighted by molar-refractivity contribution is 7.20. The standard InChI is InChI=1S/C14H9N3O3S2/c18-14(16-15-7-9-3-4-21-8-9)13-6-10-5-11(17(19)20)1-2-12(10)22-13/h1-8H,(H,16,18). The number of nitro groups is 1. The first kappa shape index (κ1) is 14.4. The Bertz CT molecular complexity index is 869. The highest BCUT2D eigenvalue weighted by Crippen LogP contribution is 2.28.